The Labute approximate surface area is 151 Å². The van der Waals surface area contributed by atoms with E-state index in [1.54, 1.807) is 28.6 Å². The lowest BCUT2D eigenvalue weighted by atomic mass is 10.2. The van der Waals surface area contributed by atoms with Crippen LogP contribution in [0, 0.1) is 0 Å². The summed E-state index contributed by atoms with van der Waals surface area (Å²) in [7, 11) is -3.51. The Morgan fingerprint density at radius 3 is 2.56 bits per heavy atom. The second kappa shape index (κ2) is 9.20. The highest BCUT2D eigenvalue weighted by molar-refractivity contribution is 7.89. The van der Waals surface area contributed by atoms with Gasteiger partial charge in [-0.3, -0.25) is 0 Å². The van der Waals surface area contributed by atoms with E-state index in [-0.39, 0.29) is 18.6 Å². The van der Waals surface area contributed by atoms with E-state index in [2.05, 4.69) is 17.6 Å². The molecule has 0 saturated carbocycles. The maximum atomic E-state index is 12.9. The fraction of sp³-hybridized carbons (Fsp3) is 0.611. The molecule has 6 nitrogen and oxygen atoms in total. The van der Waals surface area contributed by atoms with E-state index < -0.39 is 10.0 Å². The average Bonchev–Trinajstić information content (AvgIpc) is 2.61. The van der Waals surface area contributed by atoms with Crippen LogP contribution in [-0.4, -0.2) is 37.9 Å². The first-order valence-electron chi connectivity index (χ1n) is 9.07. The van der Waals surface area contributed by atoms with Gasteiger partial charge in [-0.2, -0.15) is 4.31 Å². The largest absolute Gasteiger partial charge is 0.336 e. The third-order valence-electron chi connectivity index (χ3n) is 4.44. The molecule has 0 bridgehead atoms. The van der Waals surface area contributed by atoms with Crippen molar-refractivity contribution in [1.82, 2.24) is 14.9 Å². The summed E-state index contributed by atoms with van der Waals surface area (Å²) in [5.74, 6) is 0. The number of nitrogens with zero attached hydrogens (tertiary/aromatic N) is 1. The van der Waals surface area contributed by atoms with Crippen molar-refractivity contribution >= 4 is 16.1 Å². The molecule has 1 saturated heterocycles. The van der Waals surface area contributed by atoms with Crippen molar-refractivity contribution in [2.24, 2.45) is 0 Å². The number of piperidine rings is 1. The topological polar surface area (TPSA) is 78.5 Å². The predicted molar refractivity (Wildman–Crippen MR) is 98.8 cm³/mol. The molecule has 1 atom stereocenters. The summed E-state index contributed by atoms with van der Waals surface area (Å²) in [6, 6.07) is 6.72. The summed E-state index contributed by atoms with van der Waals surface area (Å²) in [6.45, 7) is 5.35. The van der Waals surface area contributed by atoms with Crippen molar-refractivity contribution in [1.29, 1.82) is 0 Å². The highest BCUT2D eigenvalue weighted by Crippen LogP contribution is 2.23. The maximum absolute atomic E-state index is 12.9. The monoisotopic (exact) mass is 367 g/mol. The zero-order chi connectivity index (χ0) is 18.3. The van der Waals surface area contributed by atoms with Gasteiger partial charge >= 0.3 is 6.03 Å². The van der Waals surface area contributed by atoms with Crippen LogP contribution < -0.4 is 10.6 Å². The first kappa shape index (κ1) is 19.7. The average molecular weight is 368 g/mol. The van der Waals surface area contributed by atoms with Crippen LogP contribution in [0.25, 0.3) is 0 Å². The Morgan fingerprint density at radius 1 is 1.20 bits per heavy atom. The lowest BCUT2D eigenvalue weighted by molar-refractivity contribution is 0.236. The number of amides is 2. The van der Waals surface area contributed by atoms with Gasteiger partial charge in [-0.1, -0.05) is 38.0 Å². The van der Waals surface area contributed by atoms with Crippen LogP contribution in [0.4, 0.5) is 4.79 Å². The minimum atomic E-state index is -3.51. The molecule has 2 amide bonds. The van der Waals surface area contributed by atoms with Crippen LogP contribution in [0.3, 0.4) is 0 Å². The van der Waals surface area contributed by atoms with Gasteiger partial charge in [0.15, 0.2) is 0 Å². The number of nitrogens with one attached hydrogen (secondary N) is 2. The second-order valence-corrected chi connectivity index (χ2v) is 8.50. The SMILES string of the molecule is CCC[C@H](C)NC(=O)NCc1ccccc1S(=O)(=O)N1CCCCC1. The molecule has 25 heavy (non-hydrogen) atoms. The van der Waals surface area contributed by atoms with E-state index >= 15 is 0 Å². The molecule has 0 unspecified atom stereocenters. The van der Waals surface area contributed by atoms with Crippen LogP contribution in [0.5, 0.6) is 0 Å². The molecule has 0 radical (unpaired) electrons. The Morgan fingerprint density at radius 2 is 1.88 bits per heavy atom. The van der Waals surface area contributed by atoms with Gasteiger partial charge in [0.25, 0.3) is 0 Å². The van der Waals surface area contributed by atoms with Gasteiger partial charge in [-0.25, -0.2) is 13.2 Å². The van der Waals surface area contributed by atoms with Gasteiger partial charge in [-0.05, 0) is 37.8 Å². The molecule has 2 N–H and O–H groups in total. The van der Waals surface area contributed by atoms with Crippen LogP contribution in [0.15, 0.2) is 29.2 Å². The summed E-state index contributed by atoms with van der Waals surface area (Å²) in [6.07, 6.45) is 4.78. The van der Waals surface area contributed by atoms with Gasteiger partial charge in [0.2, 0.25) is 10.0 Å². The van der Waals surface area contributed by atoms with Gasteiger partial charge in [0, 0.05) is 25.7 Å². The van der Waals surface area contributed by atoms with Gasteiger partial charge in [-0.15, -0.1) is 0 Å². The number of sulfonamides is 1. The molecule has 1 aromatic carbocycles. The smallest absolute Gasteiger partial charge is 0.315 e. The molecule has 1 aromatic rings. The highest BCUT2D eigenvalue weighted by Gasteiger charge is 2.27. The maximum Gasteiger partial charge on any atom is 0.315 e. The molecule has 0 aromatic heterocycles. The van der Waals surface area contributed by atoms with Crippen molar-refractivity contribution in [3.05, 3.63) is 29.8 Å². The van der Waals surface area contributed by atoms with Crippen LogP contribution >= 0.6 is 0 Å². The molecule has 140 valence electrons. The molecule has 1 fully saturated rings. The summed E-state index contributed by atoms with van der Waals surface area (Å²) >= 11 is 0. The molecule has 1 aliphatic heterocycles. The molecule has 0 aliphatic carbocycles. The summed E-state index contributed by atoms with van der Waals surface area (Å²) < 4.78 is 27.4. The first-order chi connectivity index (χ1) is 11.9. The van der Waals surface area contributed by atoms with E-state index in [4.69, 9.17) is 0 Å². The third-order valence-corrected chi connectivity index (χ3v) is 6.44. The lowest BCUT2D eigenvalue weighted by Gasteiger charge is -2.27. The molecular formula is C18H29N3O3S. The van der Waals surface area contributed by atoms with E-state index in [0.29, 0.717) is 23.5 Å². The van der Waals surface area contributed by atoms with Crippen LogP contribution in [0.1, 0.15) is 51.5 Å². The summed E-state index contributed by atoms with van der Waals surface area (Å²) in [4.78, 5) is 12.3. The molecule has 2 rings (SSSR count). The Balaban J connectivity index is 2.06. The zero-order valence-electron chi connectivity index (χ0n) is 15.1. The van der Waals surface area contributed by atoms with E-state index in [9.17, 15) is 13.2 Å². The van der Waals surface area contributed by atoms with E-state index in [0.717, 1.165) is 32.1 Å². The zero-order valence-corrected chi connectivity index (χ0v) is 15.9. The Kier molecular flexibility index (Phi) is 7.25. The fourth-order valence-corrected chi connectivity index (χ4v) is 4.84. The minimum absolute atomic E-state index is 0.0947. The molecule has 1 heterocycles. The normalized spacial score (nSPS) is 17.0. The standard InChI is InChI=1S/C18H29N3O3S/c1-3-9-15(2)20-18(22)19-14-16-10-5-6-11-17(16)25(23,24)21-12-7-4-8-13-21/h5-6,10-11,15H,3-4,7-9,12-14H2,1-2H3,(H2,19,20,22)/t15-/m0/s1. The highest BCUT2D eigenvalue weighted by atomic mass is 32.2. The first-order valence-corrected chi connectivity index (χ1v) is 10.5. The van der Waals surface area contributed by atoms with Crippen molar-refractivity contribution < 1.29 is 13.2 Å². The van der Waals surface area contributed by atoms with Gasteiger partial charge in [0.05, 0.1) is 4.90 Å². The van der Waals surface area contributed by atoms with Crippen LogP contribution in [-0.2, 0) is 16.6 Å². The Hall–Kier alpha value is -1.60. The van der Waals surface area contributed by atoms with Crippen molar-refractivity contribution in [3.63, 3.8) is 0 Å². The number of hydrogen-bond donors (Lipinski definition) is 2. The van der Waals surface area contributed by atoms with Crippen molar-refractivity contribution in [2.75, 3.05) is 13.1 Å². The van der Waals surface area contributed by atoms with E-state index in [1.807, 2.05) is 6.92 Å². The number of hydrogen-bond acceptors (Lipinski definition) is 3. The quantitative estimate of drug-likeness (QED) is 0.778. The Bertz CT molecular complexity index is 670. The molecular weight excluding hydrogens is 338 g/mol. The van der Waals surface area contributed by atoms with Crippen LogP contribution in [0.2, 0.25) is 0 Å². The van der Waals surface area contributed by atoms with Gasteiger partial charge < -0.3 is 10.6 Å². The van der Waals surface area contributed by atoms with Crippen molar-refractivity contribution in [3.8, 4) is 0 Å². The minimum Gasteiger partial charge on any atom is -0.336 e. The number of carbonyl (C=O) groups excluding carboxylic acids is 1. The van der Waals surface area contributed by atoms with E-state index in [1.165, 1.54) is 0 Å². The fourth-order valence-electron chi connectivity index (χ4n) is 3.10. The lowest BCUT2D eigenvalue weighted by Crippen LogP contribution is -2.41. The number of benzene rings is 1. The second-order valence-electron chi connectivity index (χ2n) is 6.59. The third kappa shape index (κ3) is 5.44. The van der Waals surface area contributed by atoms with Crippen molar-refractivity contribution in [2.45, 2.75) is 63.4 Å². The van der Waals surface area contributed by atoms with Gasteiger partial charge in [0.1, 0.15) is 0 Å². The molecule has 1 aliphatic rings. The molecule has 0 spiro atoms. The summed E-state index contributed by atoms with van der Waals surface area (Å²) in [5, 5.41) is 5.63. The number of rotatable bonds is 7. The summed E-state index contributed by atoms with van der Waals surface area (Å²) in [5.41, 5.74) is 0.617. The predicted octanol–water partition coefficient (Wildman–Crippen LogP) is 2.85. The molecule has 7 heteroatoms. The number of carbonyl (C=O) groups is 1. The number of urea groups is 1.